The molecule has 178 valence electrons. The summed E-state index contributed by atoms with van der Waals surface area (Å²) >= 11 is 1.47. The zero-order chi connectivity index (χ0) is 24.2. The molecule has 0 spiro atoms. The van der Waals surface area contributed by atoms with E-state index in [1.165, 1.54) is 11.8 Å². The number of aliphatic imine (C=N–C) groups is 2. The van der Waals surface area contributed by atoms with E-state index in [1.54, 1.807) is 6.92 Å². The Bertz CT molecular complexity index is 1190. The second-order valence-electron chi connectivity index (χ2n) is 7.89. The van der Waals surface area contributed by atoms with Crippen LogP contribution in [0.4, 0.5) is 5.82 Å². The third-order valence-electron chi connectivity index (χ3n) is 5.67. The van der Waals surface area contributed by atoms with Gasteiger partial charge in [0, 0.05) is 13.0 Å². The van der Waals surface area contributed by atoms with Crippen molar-refractivity contribution in [3.05, 3.63) is 41.5 Å². The zero-order valence-corrected chi connectivity index (χ0v) is 20.3. The first kappa shape index (κ1) is 23.7. The average molecular weight is 482 g/mol. The molecule has 2 aromatic rings. The summed E-state index contributed by atoms with van der Waals surface area (Å²) < 4.78 is 6.95. The predicted molar refractivity (Wildman–Crippen MR) is 132 cm³/mol. The third-order valence-corrected chi connectivity index (χ3v) is 6.34. The van der Waals surface area contributed by atoms with Gasteiger partial charge in [-0.1, -0.05) is 42.1 Å². The molecule has 4 rings (SSSR count). The number of ether oxygens (including phenoxy) is 1. The summed E-state index contributed by atoms with van der Waals surface area (Å²) in [7, 11) is 0. The Morgan fingerprint density at radius 1 is 1.21 bits per heavy atom. The van der Waals surface area contributed by atoms with E-state index in [9.17, 15) is 14.4 Å². The van der Waals surface area contributed by atoms with E-state index < -0.39 is 5.97 Å². The molecule has 34 heavy (non-hydrogen) atoms. The van der Waals surface area contributed by atoms with Crippen LogP contribution < -0.4 is 5.32 Å². The standard InChI is InChI=1S/C24H27N5O4S/c1-4-33-19(32)13-25-17(30)11-8-12-28-21(16-9-6-5-7-10-16)15(2)20-22-26-18(31)14-29(22)24(34-3)27-23(20)28/h5-7,9-10H,4,8,11-14H2,1-3H3,(H,25,30). The van der Waals surface area contributed by atoms with Gasteiger partial charge in [-0.3, -0.25) is 19.3 Å². The monoisotopic (exact) mass is 481 g/mol. The summed E-state index contributed by atoms with van der Waals surface area (Å²) in [5, 5.41) is 3.33. The number of nitrogens with one attached hydrogen (secondary N) is 1. The number of rotatable bonds is 8. The molecule has 1 N–H and O–H groups in total. The zero-order valence-electron chi connectivity index (χ0n) is 19.5. The molecule has 1 aromatic carbocycles. The minimum atomic E-state index is -0.451. The maximum absolute atomic E-state index is 12.3. The Kier molecular flexibility index (Phi) is 7.16. The first-order valence-corrected chi connectivity index (χ1v) is 12.4. The van der Waals surface area contributed by atoms with E-state index in [4.69, 9.17) is 9.73 Å². The van der Waals surface area contributed by atoms with E-state index in [0.717, 1.165) is 33.4 Å². The smallest absolute Gasteiger partial charge is 0.325 e. The van der Waals surface area contributed by atoms with Gasteiger partial charge in [-0.25, -0.2) is 4.99 Å². The van der Waals surface area contributed by atoms with E-state index >= 15 is 0 Å². The molecule has 9 nitrogen and oxygen atoms in total. The highest BCUT2D eigenvalue weighted by atomic mass is 32.2. The molecule has 0 bridgehead atoms. The molecule has 2 aliphatic rings. The van der Waals surface area contributed by atoms with E-state index in [2.05, 4.69) is 14.9 Å². The van der Waals surface area contributed by atoms with Crippen LogP contribution in [0.3, 0.4) is 0 Å². The number of amidine groups is 2. The highest BCUT2D eigenvalue weighted by Gasteiger charge is 2.37. The highest BCUT2D eigenvalue weighted by Crippen LogP contribution is 2.41. The number of aromatic nitrogens is 1. The quantitative estimate of drug-likeness (QED) is 0.582. The number of benzene rings is 1. The number of amides is 2. The van der Waals surface area contributed by atoms with Crippen LogP contribution in [0, 0.1) is 6.92 Å². The van der Waals surface area contributed by atoms with Crippen LogP contribution in [0.2, 0.25) is 0 Å². The number of carbonyl (C=O) groups excluding carboxylic acids is 3. The fraction of sp³-hybridized carbons (Fsp3) is 0.375. The molecule has 2 aliphatic heterocycles. The topological polar surface area (TPSA) is 105 Å². The van der Waals surface area contributed by atoms with Crippen LogP contribution in [0.5, 0.6) is 0 Å². The molecular formula is C24H27N5O4S. The van der Waals surface area contributed by atoms with Gasteiger partial charge in [-0.05, 0) is 37.7 Å². The number of hydrogen-bond acceptors (Lipinski definition) is 7. The number of carbonyl (C=O) groups is 3. The van der Waals surface area contributed by atoms with Crippen molar-refractivity contribution in [1.82, 2.24) is 14.8 Å². The first-order chi connectivity index (χ1) is 16.4. The van der Waals surface area contributed by atoms with Crippen LogP contribution in [0.1, 0.15) is 30.9 Å². The summed E-state index contributed by atoms with van der Waals surface area (Å²) in [6.45, 7) is 4.63. The fourth-order valence-electron chi connectivity index (χ4n) is 4.25. The van der Waals surface area contributed by atoms with Crippen molar-refractivity contribution in [1.29, 1.82) is 0 Å². The molecule has 10 heteroatoms. The summed E-state index contributed by atoms with van der Waals surface area (Å²) in [6.07, 6.45) is 2.73. The maximum Gasteiger partial charge on any atom is 0.325 e. The van der Waals surface area contributed by atoms with Gasteiger partial charge in [0.05, 0.1) is 17.9 Å². The van der Waals surface area contributed by atoms with E-state index in [0.29, 0.717) is 18.8 Å². The largest absolute Gasteiger partial charge is 0.465 e. The maximum atomic E-state index is 12.3. The molecular weight excluding hydrogens is 454 g/mol. The van der Waals surface area contributed by atoms with Crippen LogP contribution in [0.15, 0.2) is 40.3 Å². The van der Waals surface area contributed by atoms with Crippen LogP contribution >= 0.6 is 11.8 Å². The number of fused-ring (bicyclic) bond motifs is 3. The molecule has 0 aliphatic carbocycles. The molecule has 0 fully saturated rings. The Hall–Kier alpha value is -3.40. The minimum absolute atomic E-state index is 0.134. The van der Waals surface area contributed by atoms with Gasteiger partial charge in [0.25, 0.3) is 5.91 Å². The van der Waals surface area contributed by atoms with Gasteiger partial charge in [0.1, 0.15) is 24.7 Å². The van der Waals surface area contributed by atoms with Crippen molar-refractivity contribution >= 4 is 46.4 Å². The normalized spacial score (nSPS) is 14.3. The minimum Gasteiger partial charge on any atom is -0.465 e. The lowest BCUT2D eigenvalue weighted by Crippen LogP contribution is -2.36. The van der Waals surface area contributed by atoms with E-state index in [1.807, 2.05) is 48.4 Å². The molecule has 0 saturated carbocycles. The SMILES string of the molecule is CCOC(=O)CNC(=O)CCCn1c2c(c(C)c1-c1ccccc1)C1=NC(=O)CN1C(SC)=N2. The second-order valence-corrected chi connectivity index (χ2v) is 8.66. The number of nitrogens with zero attached hydrogens (tertiary/aromatic N) is 4. The lowest BCUT2D eigenvalue weighted by atomic mass is 10.0. The lowest BCUT2D eigenvalue weighted by molar-refractivity contribution is -0.143. The molecule has 3 heterocycles. The summed E-state index contributed by atoms with van der Waals surface area (Å²) in [6, 6.07) is 10.00. The lowest BCUT2D eigenvalue weighted by Gasteiger charge is -2.25. The first-order valence-electron chi connectivity index (χ1n) is 11.2. The summed E-state index contributed by atoms with van der Waals surface area (Å²) in [5.74, 6) is 0.540. The van der Waals surface area contributed by atoms with Crippen LogP contribution in [-0.2, 0) is 25.7 Å². The van der Waals surface area contributed by atoms with Gasteiger partial charge >= 0.3 is 5.97 Å². The predicted octanol–water partition coefficient (Wildman–Crippen LogP) is 2.88. The molecule has 0 saturated heterocycles. The van der Waals surface area contributed by atoms with Crippen LogP contribution in [-0.4, -0.2) is 64.2 Å². The number of hydrogen-bond donors (Lipinski definition) is 1. The average Bonchev–Trinajstić information content (AvgIpc) is 3.34. The molecule has 1 aromatic heterocycles. The number of esters is 1. The van der Waals surface area contributed by atoms with Gasteiger partial charge in [-0.2, -0.15) is 4.99 Å². The van der Waals surface area contributed by atoms with Crippen molar-refractivity contribution in [3.63, 3.8) is 0 Å². The van der Waals surface area contributed by atoms with Crippen molar-refractivity contribution in [3.8, 4) is 11.3 Å². The third kappa shape index (κ3) is 4.63. The molecule has 2 amide bonds. The molecule has 0 radical (unpaired) electrons. The van der Waals surface area contributed by atoms with E-state index in [-0.39, 0.29) is 37.9 Å². The van der Waals surface area contributed by atoms with Gasteiger partial charge < -0.3 is 14.6 Å². The Morgan fingerprint density at radius 2 is 1.97 bits per heavy atom. The van der Waals surface area contributed by atoms with Gasteiger partial charge in [0.15, 0.2) is 5.17 Å². The van der Waals surface area contributed by atoms with Crippen LogP contribution in [0.25, 0.3) is 11.3 Å². The van der Waals surface area contributed by atoms with Crippen molar-refractivity contribution < 1.29 is 19.1 Å². The Balaban J connectivity index is 1.64. The van der Waals surface area contributed by atoms with Gasteiger partial charge in [0.2, 0.25) is 5.91 Å². The molecule has 0 atom stereocenters. The van der Waals surface area contributed by atoms with Crippen molar-refractivity contribution in [2.24, 2.45) is 9.98 Å². The number of thioether (sulfide) groups is 1. The fourth-order valence-corrected chi connectivity index (χ4v) is 4.80. The summed E-state index contributed by atoms with van der Waals surface area (Å²) in [5.41, 5.74) is 3.87. The molecule has 0 unspecified atom stereocenters. The Labute approximate surface area is 202 Å². The summed E-state index contributed by atoms with van der Waals surface area (Å²) in [4.78, 5) is 47.0. The highest BCUT2D eigenvalue weighted by molar-refractivity contribution is 8.13. The van der Waals surface area contributed by atoms with Crippen molar-refractivity contribution in [2.75, 3.05) is 26.0 Å². The second kappa shape index (κ2) is 10.3. The Morgan fingerprint density at radius 3 is 2.68 bits per heavy atom. The van der Waals surface area contributed by atoms with Gasteiger partial charge in [-0.15, -0.1) is 0 Å². The van der Waals surface area contributed by atoms with Crippen molar-refractivity contribution in [2.45, 2.75) is 33.2 Å².